The molecule has 7 nitrogen and oxygen atoms in total. The van der Waals surface area contributed by atoms with E-state index >= 15 is 0 Å². The molecule has 1 aliphatic heterocycles. The van der Waals surface area contributed by atoms with E-state index in [1.807, 2.05) is 49.3 Å². The molecule has 2 unspecified atom stereocenters. The number of benzene rings is 3. The van der Waals surface area contributed by atoms with E-state index in [0.717, 1.165) is 18.2 Å². The van der Waals surface area contributed by atoms with Crippen molar-refractivity contribution in [2.75, 3.05) is 25.5 Å². The van der Waals surface area contributed by atoms with Crippen molar-refractivity contribution in [3.8, 4) is 5.69 Å². The molecule has 4 aromatic rings. The second-order valence-electron chi connectivity index (χ2n) is 10.3. The topological polar surface area (TPSA) is 70.5 Å². The van der Waals surface area contributed by atoms with E-state index in [4.69, 9.17) is 5.10 Å². The summed E-state index contributed by atoms with van der Waals surface area (Å²) < 4.78 is 55.9. The van der Waals surface area contributed by atoms with Crippen molar-refractivity contribution in [1.29, 1.82) is 0 Å². The van der Waals surface area contributed by atoms with E-state index in [1.54, 1.807) is 23.7 Å². The van der Waals surface area contributed by atoms with Crippen LogP contribution in [-0.4, -0.2) is 53.2 Å². The molecule has 2 heterocycles. The predicted molar refractivity (Wildman–Crippen MR) is 150 cm³/mol. The Morgan fingerprint density at radius 1 is 1.00 bits per heavy atom. The number of halogens is 4. The zero-order chi connectivity index (χ0) is 30.2. The maximum atomic E-state index is 14.2. The van der Waals surface area contributed by atoms with Crippen LogP contribution in [-0.2, 0) is 17.5 Å². The third-order valence-electron chi connectivity index (χ3n) is 7.16. The van der Waals surface area contributed by atoms with Crippen molar-refractivity contribution in [2.45, 2.75) is 31.6 Å². The summed E-state index contributed by atoms with van der Waals surface area (Å²) in [6, 6.07) is 17.7. The van der Waals surface area contributed by atoms with Gasteiger partial charge in [-0.25, -0.2) is 9.07 Å². The Hall–Kier alpha value is -4.51. The van der Waals surface area contributed by atoms with Crippen molar-refractivity contribution < 1.29 is 27.2 Å². The molecule has 2 amide bonds. The van der Waals surface area contributed by atoms with Crippen molar-refractivity contribution in [3.05, 3.63) is 113 Å². The lowest BCUT2D eigenvalue weighted by Gasteiger charge is -2.38. The molecule has 1 aromatic heterocycles. The number of nitrogens with one attached hydrogen (secondary N) is 1. The highest BCUT2D eigenvalue weighted by Crippen LogP contribution is 2.44. The number of carbonyl (C=O) groups is 2. The van der Waals surface area contributed by atoms with Gasteiger partial charge in [-0.1, -0.05) is 36.4 Å². The number of nitrogens with zero attached hydrogens (tertiary/aromatic N) is 4. The number of likely N-dealkylation sites (N-methyl/N-ethyl adjacent to an activating group) is 1. The molecule has 0 spiro atoms. The summed E-state index contributed by atoms with van der Waals surface area (Å²) >= 11 is 0. The van der Waals surface area contributed by atoms with Crippen LogP contribution in [0.15, 0.2) is 78.9 Å². The summed E-state index contributed by atoms with van der Waals surface area (Å²) in [7, 11) is 3.75. The molecule has 0 aliphatic carbocycles. The molecule has 5 rings (SSSR count). The van der Waals surface area contributed by atoms with Gasteiger partial charge in [0.15, 0.2) is 0 Å². The maximum absolute atomic E-state index is 14.2. The SMILES string of the molecule is CCN1C(=O)C(NC(=O)c2cccc(C(F)(F)F)c2)C(c2ccc(F)cc2)c2c(CN(C)C)nn(-c3ccccc3)c21. The Morgan fingerprint density at radius 3 is 2.31 bits per heavy atom. The van der Waals surface area contributed by atoms with Gasteiger partial charge < -0.3 is 10.2 Å². The fourth-order valence-corrected chi connectivity index (χ4v) is 5.33. The molecule has 0 bridgehead atoms. The standard InChI is InChI=1S/C31H29F4N5O2/c1-4-39-29-26(24(18-38(2)3)37-40(29)23-11-6-5-7-12-23)25(19-13-15-22(32)16-14-19)27(30(39)42)36-28(41)20-9-8-10-21(17-20)31(33,34)35/h5-17,25,27H,4,18H2,1-3H3,(H,36,41). The van der Waals surface area contributed by atoms with Crippen LogP contribution < -0.4 is 10.2 Å². The first-order valence-electron chi connectivity index (χ1n) is 13.4. The largest absolute Gasteiger partial charge is 0.416 e. The lowest BCUT2D eigenvalue weighted by Crippen LogP contribution is -2.55. The van der Waals surface area contributed by atoms with Gasteiger partial charge in [0.2, 0.25) is 0 Å². The third kappa shape index (κ3) is 5.52. The summed E-state index contributed by atoms with van der Waals surface area (Å²) in [5, 5.41) is 7.63. The molecule has 1 aliphatic rings. The van der Waals surface area contributed by atoms with Crippen molar-refractivity contribution >= 4 is 17.6 Å². The number of hydrogen-bond donors (Lipinski definition) is 1. The molecule has 0 saturated carbocycles. The van der Waals surface area contributed by atoms with Gasteiger partial charge in [-0.05, 0) is 69.0 Å². The van der Waals surface area contributed by atoms with E-state index in [1.165, 1.54) is 23.1 Å². The number of carbonyl (C=O) groups excluding carboxylic acids is 2. The highest BCUT2D eigenvalue weighted by atomic mass is 19.4. The van der Waals surface area contributed by atoms with E-state index in [2.05, 4.69) is 5.32 Å². The van der Waals surface area contributed by atoms with Gasteiger partial charge in [0.1, 0.15) is 17.7 Å². The van der Waals surface area contributed by atoms with Crippen LogP contribution in [0, 0.1) is 5.82 Å². The second kappa shape index (κ2) is 11.4. The fraction of sp³-hybridized carbons (Fsp3) is 0.258. The summed E-state index contributed by atoms with van der Waals surface area (Å²) in [4.78, 5) is 31.0. The molecule has 218 valence electrons. The second-order valence-corrected chi connectivity index (χ2v) is 10.3. The van der Waals surface area contributed by atoms with Crippen LogP contribution in [0.1, 0.15) is 45.6 Å². The van der Waals surface area contributed by atoms with Crippen molar-refractivity contribution in [2.24, 2.45) is 0 Å². The molecule has 42 heavy (non-hydrogen) atoms. The van der Waals surface area contributed by atoms with Gasteiger partial charge in [0, 0.05) is 30.1 Å². The lowest BCUT2D eigenvalue weighted by molar-refractivity contribution is -0.137. The normalized spacial score (nSPS) is 17.0. The lowest BCUT2D eigenvalue weighted by atomic mass is 9.80. The van der Waals surface area contributed by atoms with Crippen LogP contribution in [0.2, 0.25) is 0 Å². The monoisotopic (exact) mass is 579 g/mol. The Balaban J connectivity index is 1.70. The minimum Gasteiger partial charge on any atom is -0.339 e. The Kier molecular flexibility index (Phi) is 7.87. The van der Waals surface area contributed by atoms with E-state index in [-0.39, 0.29) is 12.1 Å². The molecule has 0 radical (unpaired) electrons. The molecule has 0 saturated heterocycles. The van der Waals surface area contributed by atoms with Gasteiger partial charge in [0.05, 0.1) is 16.9 Å². The van der Waals surface area contributed by atoms with Gasteiger partial charge in [-0.3, -0.25) is 14.5 Å². The molecule has 1 N–H and O–H groups in total. The van der Waals surface area contributed by atoms with Crippen molar-refractivity contribution in [3.63, 3.8) is 0 Å². The summed E-state index contributed by atoms with van der Waals surface area (Å²) in [6.45, 7) is 2.41. The Bertz CT molecular complexity index is 1600. The Morgan fingerprint density at radius 2 is 1.69 bits per heavy atom. The first-order chi connectivity index (χ1) is 20.0. The van der Waals surface area contributed by atoms with Crippen LogP contribution >= 0.6 is 0 Å². The average molecular weight is 580 g/mol. The first-order valence-corrected chi connectivity index (χ1v) is 13.4. The number of hydrogen-bond acceptors (Lipinski definition) is 4. The van der Waals surface area contributed by atoms with E-state index < -0.39 is 41.3 Å². The van der Waals surface area contributed by atoms with E-state index in [9.17, 15) is 27.2 Å². The molecule has 2 atom stereocenters. The fourth-order valence-electron chi connectivity index (χ4n) is 5.33. The van der Waals surface area contributed by atoms with Crippen LogP contribution in [0.4, 0.5) is 23.4 Å². The number of rotatable bonds is 7. The minimum atomic E-state index is -4.64. The van der Waals surface area contributed by atoms with E-state index in [0.29, 0.717) is 34.9 Å². The number of fused-ring (bicyclic) bond motifs is 1. The van der Waals surface area contributed by atoms with Gasteiger partial charge in [-0.15, -0.1) is 0 Å². The summed E-state index contributed by atoms with van der Waals surface area (Å²) in [5.41, 5.74) is 1.35. The molecule has 3 aromatic carbocycles. The zero-order valence-electron chi connectivity index (χ0n) is 23.2. The quantitative estimate of drug-likeness (QED) is 0.298. The van der Waals surface area contributed by atoms with Crippen LogP contribution in [0.3, 0.4) is 0 Å². The van der Waals surface area contributed by atoms with Crippen molar-refractivity contribution in [1.82, 2.24) is 20.0 Å². The number of alkyl halides is 3. The molecular weight excluding hydrogens is 550 g/mol. The number of aromatic nitrogens is 2. The van der Waals surface area contributed by atoms with Crippen LogP contribution in [0.5, 0.6) is 0 Å². The minimum absolute atomic E-state index is 0.234. The van der Waals surface area contributed by atoms with Gasteiger partial charge in [0.25, 0.3) is 11.8 Å². The average Bonchev–Trinajstić information content (AvgIpc) is 3.32. The highest BCUT2D eigenvalue weighted by molar-refractivity contribution is 6.05. The predicted octanol–water partition coefficient (Wildman–Crippen LogP) is 5.39. The Labute approximate surface area is 240 Å². The first kappa shape index (κ1) is 29.0. The summed E-state index contributed by atoms with van der Waals surface area (Å²) in [6.07, 6.45) is -4.64. The molecule has 0 fully saturated rings. The molecular formula is C31H29F4N5O2. The number of amides is 2. The van der Waals surface area contributed by atoms with Gasteiger partial charge in [-0.2, -0.15) is 18.3 Å². The van der Waals surface area contributed by atoms with Gasteiger partial charge >= 0.3 is 6.18 Å². The van der Waals surface area contributed by atoms with Crippen LogP contribution in [0.25, 0.3) is 5.69 Å². The summed E-state index contributed by atoms with van der Waals surface area (Å²) in [5.74, 6) is -2.07. The number of anilines is 1. The smallest absolute Gasteiger partial charge is 0.339 e. The zero-order valence-corrected chi connectivity index (χ0v) is 23.2. The third-order valence-corrected chi connectivity index (χ3v) is 7.16. The highest BCUT2D eigenvalue weighted by Gasteiger charge is 2.46. The maximum Gasteiger partial charge on any atom is 0.416 e. The molecule has 11 heteroatoms. The number of para-hydroxylation sites is 1.